The first kappa shape index (κ1) is 20.4. The van der Waals surface area contributed by atoms with E-state index in [1.165, 1.54) is 13.2 Å². The van der Waals surface area contributed by atoms with E-state index in [9.17, 15) is 4.39 Å². The lowest BCUT2D eigenvalue weighted by Gasteiger charge is -2.34. The summed E-state index contributed by atoms with van der Waals surface area (Å²) in [7, 11) is 1.45. The summed E-state index contributed by atoms with van der Waals surface area (Å²) in [5.74, 6) is -0.591. The molecule has 3 aromatic heterocycles. The second kappa shape index (κ2) is 7.67. The number of piperazine rings is 1. The third kappa shape index (κ3) is 3.32. The molecule has 7 nitrogen and oxygen atoms in total. The second-order valence-corrected chi connectivity index (χ2v) is 8.91. The second-order valence-electron chi connectivity index (χ2n) is 8.47. The van der Waals surface area contributed by atoms with Crippen molar-refractivity contribution in [3.05, 3.63) is 46.7 Å². The van der Waals surface area contributed by atoms with Crippen LogP contribution < -0.4 is 15.0 Å². The van der Waals surface area contributed by atoms with Gasteiger partial charge in [0.05, 0.1) is 18.2 Å². The van der Waals surface area contributed by atoms with Crippen LogP contribution in [0, 0.1) is 16.3 Å². The molecule has 0 radical (unpaired) electrons. The van der Waals surface area contributed by atoms with E-state index in [2.05, 4.69) is 30.2 Å². The summed E-state index contributed by atoms with van der Waals surface area (Å²) in [4.78, 5) is 18.3. The Hall–Kier alpha value is -3.24. The fourth-order valence-corrected chi connectivity index (χ4v) is 5.19. The van der Waals surface area contributed by atoms with E-state index in [1.54, 1.807) is 24.4 Å². The number of methoxy groups -OCH3 is 1. The highest BCUT2D eigenvalue weighted by molar-refractivity contribution is 7.71. The zero-order valence-corrected chi connectivity index (χ0v) is 18.5. The van der Waals surface area contributed by atoms with Gasteiger partial charge in [-0.05, 0) is 30.4 Å². The Bertz CT molecular complexity index is 1460. The Labute approximate surface area is 192 Å². The summed E-state index contributed by atoms with van der Waals surface area (Å²) >= 11 is 5.30. The summed E-state index contributed by atoms with van der Waals surface area (Å²) in [5.41, 5.74) is 0.186. The summed E-state index contributed by atoms with van der Waals surface area (Å²) < 4.78 is 36.4. The average molecular weight is 467 g/mol. The molecule has 5 heterocycles. The van der Waals surface area contributed by atoms with Gasteiger partial charge in [0.25, 0.3) is 0 Å². The lowest BCUT2D eigenvalue weighted by atomic mass is 10.1. The number of aromatic amines is 1. The molecule has 168 valence electrons. The maximum Gasteiger partial charge on any atom is 0.318 e. The topological polar surface area (TPSA) is 79.0 Å². The lowest BCUT2D eigenvalue weighted by Crippen LogP contribution is -2.51. The Morgan fingerprint density at radius 3 is 2.70 bits per heavy atom. The summed E-state index contributed by atoms with van der Waals surface area (Å²) in [6.07, 6.45) is 3.75. The van der Waals surface area contributed by atoms with Crippen molar-refractivity contribution in [2.75, 3.05) is 25.1 Å². The highest BCUT2D eigenvalue weighted by Gasteiger charge is 2.34. The number of hydrogen-bond donors (Lipinski definition) is 2. The van der Waals surface area contributed by atoms with Gasteiger partial charge >= 0.3 is 6.01 Å². The van der Waals surface area contributed by atoms with Gasteiger partial charge in [-0.1, -0.05) is 24.4 Å². The quantitative estimate of drug-likeness (QED) is 0.440. The fraction of sp³-hybridized carbons (Fsp3) is 0.304. The van der Waals surface area contributed by atoms with Gasteiger partial charge in [0.2, 0.25) is 0 Å². The van der Waals surface area contributed by atoms with Crippen LogP contribution in [0.25, 0.3) is 33.1 Å². The first-order valence-electron chi connectivity index (χ1n) is 10.7. The number of anilines is 1. The summed E-state index contributed by atoms with van der Waals surface area (Å²) in [5, 5.41) is 4.85. The number of H-pyrrole nitrogens is 1. The molecule has 6 rings (SSSR count). The Kier molecular flexibility index (Phi) is 4.73. The van der Waals surface area contributed by atoms with E-state index in [0.717, 1.165) is 25.9 Å². The minimum atomic E-state index is -0.686. The number of benzene rings is 1. The monoisotopic (exact) mass is 466 g/mol. The molecule has 2 fully saturated rings. The van der Waals surface area contributed by atoms with Crippen LogP contribution in [0.4, 0.5) is 14.6 Å². The number of aromatic nitrogens is 4. The van der Waals surface area contributed by atoms with Gasteiger partial charge in [-0.2, -0.15) is 9.97 Å². The summed E-state index contributed by atoms with van der Waals surface area (Å²) in [6, 6.07) is 7.09. The molecule has 1 aromatic carbocycles. The van der Waals surface area contributed by atoms with E-state index in [1.807, 2.05) is 0 Å². The Balaban J connectivity index is 1.58. The van der Waals surface area contributed by atoms with E-state index in [0.29, 0.717) is 33.3 Å². The van der Waals surface area contributed by atoms with Crippen LogP contribution in [-0.4, -0.2) is 52.2 Å². The van der Waals surface area contributed by atoms with Crippen LogP contribution in [0.15, 0.2) is 30.5 Å². The molecule has 33 heavy (non-hydrogen) atoms. The van der Waals surface area contributed by atoms with Gasteiger partial charge in [-0.3, -0.25) is 4.98 Å². The van der Waals surface area contributed by atoms with Crippen molar-refractivity contribution < 1.29 is 13.5 Å². The SMILES string of the molecule is COc1nc(N2CC3CCC(C2)N3)c2cnc(-c3[nH]c(=S)cc4cccc(F)c34)c(F)c2n1. The first-order valence-corrected chi connectivity index (χ1v) is 11.2. The molecule has 2 unspecified atom stereocenters. The minimum absolute atomic E-state index is 0.0589. The molecule has 0 amide bonds. The van der Waals surface area contributed by atoms with Gasteiger partial charge < -0.3 is 19.9 Å². The van der Waals surface area contributed by atoms with E-state index in [4.69, 9.17) is 17.0 Å². The van der Waals surface area contributed by atoms with Crippen molar-refractivity contribution in [1.29, 1.82) is 0 Å². The van der Waals surface area contributed by atoms with Gasteiger partial charge in [-0.25, -0.2) is 8.78 Å². The third-order valence-corrected chi connectivity index (χ3v) is 6.63. The van der Waals surface area contributed by atoms with Crippen molar-refractivity contribution >= 4 is 39.7 Å². The number of pyridine rings is 2. The highest BCUT2D eigenvalue weighted by atomic mass is 32.1. The predicted molar refractivity (Wildman–Crippen MR) is 124 cm³/mol. The van der Waals surface area contributed by atoms with Crippen molar-refractivity contribution in [1.82, 2.24) is 25.3 Å². The first-order chi connectivity index (χ1) is 16.0. The maximum absolute atomic E-state index is 16.0. The minimum Gasteiger partial charge on any atom is -0.467 e. The van der Waals surface area contributed by atoms with E-state index in [-0.39, 0.29) is 28.3 Å². The van der Waals surface area contributed by atoms with Crippen LogP contribution in [0.3, 0.4) is 0 Å². The van der Waals surface area contributed by atoms with Crippen LogP contribution in [0.2, 0.25) is 0 Å². The molecule has 2 aliphatic rings. The number of fused-ring (bicyclic) bond motifs is 4. The van der Waals surface area contributed by atoms with E-state index >= 15 is 4.39 Å². The van der Waals surface area contributed by atoms with Crippen LogP contribution in [-0.2, 0) is 0 Å². The lowest BCUT2D eigenvalue weighted by molar-refractivity contribution is 0.380. The van der Waals surface area contributed by atoms with Crippen LogP contribution >= 0.6 is 12.2 Å². The molecule has 2 atom stereocenters. The molecule has 2 saturated heterocycles. The van der Waals surface area contributed by atoms with Crippen molar-refractivity contribution in [3.63, 3.8) is 0 Å². The van der Waals surface area contributed by atoms with Gasteiger partial charge in [0.15, 0.2) is 5.82 Å². The number of nitrogens with one attached hydrogen (secondary N) is 2. The third-order valence-electron chi connectivity index (χ3n) is 6.41. The van der Waals surface area contributed by atoms with Crippen molar-refractivity contribution in [2.45, 2.75) is 24.9 Å². The molecular formula is C23H20F2N6OS. The maximum atomic E-state index is 16.0. The molecule has 0 spiro atoms. The molecule has 10 heteroatoms. The van der Waals surface area contributed by atoms with Crippen LogP contribution in [0.5, 0.6) is 6.01 Å². The van der Waals surface area contributed by atoms with Gasteiger partial charge in [0.1, 0.15) is 27.5 Å². The Morgan fingerprint density at radius 2 is 1.94 bits per heavy atom. The predicted octanol–water partition coefficient (Wildman–Crippen LogP) is 4.13. The normalized spacial score (nSPS) is 20.0. The largest absolute Gasteiger partial charge is 0.467 e. The number of ether oxygens (including phenoxy) is 1. The summed E-state index contributed by atoms with van der Waals surface area (Å²) in [6.45, 7) is 1.52. The molecule has 0 saturated carbocycles. The van der Waals surface area contributed by atoms with Gasteiger partial charge in [0, 0.05) is 36.8 Å². The van der Waals surface area contributed by atoms with Crippen molar-refractivity contribution in [2.24, 2.45) is 0 Å². The van der Waals surface area contributed by atoms with E-state index < -0.39 is 11.6 Å². The van der Waals surface area contributed by atoms with Crippen molar-refractivity contribution in [3.8, 4) is 17.4 Å². The molecule has 2 bridgehead atoms. The number of hydrogen-bond acceptors (Lipinski definition) is 7. The molecule has 2 aliphatic heterocycles. The number of rotatable bonds is 3. The Morgan fingerprint density at radius 1 is 1.15 bits per heavy atom. The fourth-order valence-electron chi connectivity index (χ4n) is 4.96. The standard InChI is InChI=1S/C23H20F2N6OS/c1-32-23-29-19-14(22(30-23)31-9-12-5-6-13(10-31)27-12)8-26-21(18(19)25)20-17-11(7-16(33)28-20)3-2-4-15(17)24/h2-4,7-8,12-13,27H,5-6,9-10H2,1H3,(H,28,33). The van der Waals surface area contributed by atoms with Crippen LogP contribution in [0.1, 0.15) is 12.8 Å². The highest BCUT2D eigenvalue weighted by Crippen LogP contribution is 2.35. The number of nitrogens with zero attached hydrogens (tertiary/aromatic N) is 4. The molecule has 2 N–H and O–H groups in total. The molecular weight excluding hydrogens is 446 g/mol. The smallest absolute Gasteiger partial charge is 0.318 e. The number of halogens is 2. The molecule has 4 aromatic rings. The zero-order chi connectivity index (χ0) is 22.7. The zero-order valence-electron chi connectivity index (χ0n) is 17.7. The molecule has 0 aliphatic carbocycles. The van der Waals surface area contributed by atoms with Gasteiger partial charge in [-0.15, -0.1) is 0 Å². The average Bonchev–Trinajstić information content (AvgIpc) is 3.15.